The van der Waals surface area contributed by atoms with E-state index in [9.17, 15) is 5.11 Å². The van der Waals surface area contributed by atoms with Gasteiger partial charge in [0.15, 0.2) is 5.82 Å². The Morgan fingerprint density at radius 1 is 1.44 bits per heavy atom. The van der Waals surface area contributed by atoms with E-state index >= 15 is 0 Å². The summed E-state index contributed by atoms with van der Waals surface area (Å²) < 4.78 is 7.07. The highest BCUT2D eigenvalue weighted by molar-refractivity contribution is 5.14. The molecule has 2 aromatic rings. The van der Waals surface area contributed by atoms with Crippen LogP contribution in [0.2, 0.25) is 0 Å². The normalized spacial score (nSPS) is 13.2. The van der Waals surface area contributed by atoms with Gasteiger partial charge < -0.3 is 14.2 Å². The topological polar surface area (TPSA) is 64.1 Å². The first-order valence-electron chi connectivity index (χ1n) is 6.25. The second-order valence-corrected chi connectivity index (χ2v) is 4.76. The Balaban J connectivity index is 2.06. The lowest BCUT2D eigenvalue weighted by Crippen LogP contribution is -2.04. The summed E-state index contributed by atoms with van der Waals surface area (Å²) in [6.07, 6.45) is 4.17. The first-order chi connectivity index (χ1) is 8.60. The molecule has 0 radical (unpaired) electrons. The van der Waals surface area contributed by atoms with Crippen molar-refractivity contribution in [2.24, 2.45) is 5.92 Å². The van der Waals surface area contributed by atoms with Crippen LogP contribution in [0.15, 0.2) is 23.0 Å². The van der Waals surface area contributed by atoms with Gasteiger partial charge in [-0.2, -0.15) is 4.98 Å². The van der Waals surface area contributed by atoms with Crippen LogP contribution in [0.1, 0.15) is 44.2 Å². The maximum absolute atomic E-state index is 9.95. The SMILES string of the molecule is CCc1noc(Cn2ccc(C(O)C(C)C)c2)n1. The maximum atomic E-state index is 9.95. The van der Waals surface area contributed by atoms with E-state index in [-0.39, 0.29) is 5.92 Å². The van der Waals surface area contributed by atoms with Gasteiger partial charge in [-0.15, -0.1) is 0 Å². The molecule has 0 aliphatic rings. The molecule has 98 valence electrons. The van der Waals surface area contributed by atoms with Gasteiger partial charge in [-0.05, 0) is 17.5 Å². The standard InChI is InChI=1S/C13H19N3O2/c1-4-11-14-12(18-15-11)8-16-6-5-10(7-16)13(17)9(2)3/h5-7,9,13,17H,4,8H2,1-3H3. The molecule has 2 heterocycles. The summed E-state index contributed by atoms with van der Waals surface area (Å²) in [6.45, 7) is 6.51. The summed E-state index contributed by atoms with van der Waals surface area (Å²) in [5.41, 5.74) is 0.917. The van der Waals surface area contributed by atoms with Gasteiger partial charge in [0.2, 0.25) is 5.89 Å². The molecule has 0 fully saturated rings. The highest BCUT2D eigenvalue weighted by atomic mass is 16.5. The predicted molar refractivity (Wildman–Crippen MR) is 67.0 cm³/mol. The summed E-state index contributed by atoms with van der Waals surface area (Å²) in [5.74, 6) is 1.52. The molecule has 0 saturated carbocycles. The molecule has 0 aliphatic heterocycles. The third-order valence-electron chi connectivity index (χ3n) is 2.89. The molecule has 0 amide bonds. The number of aromatic nitrogens is 3. The van der Waals surface area contributed by atoms with Crippen LogP contribution in [0.25, 0.3) is 0 Å². The van der Waals surface area contributed by atoms with Crippen LogP contribution in [0, 0.1) is 5.92 Å². The average Bonchev–Trinajstić information content (AvgIpc) is 2.97. The first kappa shape index (κ1) is 12.8. The van der Waals surface area contributed by atoms with E-state index in [0.29, 0.717) is 12.4 Å². The van der Waals surface area contributed by atoms with Gasteiger partial charge in [-0.1, -0.05) is 25.9 Å². The highest BCUT2D eigenvalue weighted by Crippen LogP contribution is 2.21. The minimum absolute atomic E-state index is 0.205. The molecule has 1 atom stereocenters. The van der Waals surface area contributed by atoms with E-state index < -0.39 is 6.10 Å². The molecule has 1 N–H and O–H groups in total. The fourth-order valence-electron chi connectivity index (χ4n) is 1.77. The molecule has 0 bridgehead atoms. The van der Waals surface area contributed by atoms with Gasteiger partial charge in [0.05, 0.1) is 6.10 Å². The Kier molecular flexibility index (Phi) is 3.81. The van der Waals surface area contributed by atoms with Crippen molar-refractivity contribution in [2.75, 3.05) is 0 Å². The zero-order chi connectivity index (χ0) is 13.1. The molecular formula is C13H19N3O2. The summed E-state index contributed by atoms with van der Waals surface area (Å²) in [6, 6.07) is 1.92. The second-order valence-electron chi connectivity index (χ2n) is 4.76. The Morgan fingerprint density at radius 2 is 2.22 bits per heavy atom. The fourth-order valence-corrected chi connectivity index (χ4v) is 1.77. The van der Waals surface area contributed by atoms with E-state index in [2.05, 4.69) is 10.1 Å². The lowest BCUT2D eigenvalue weighted by atomic mass is 10.0. The number of nitrogens with zero attached hydrogens (tertiary/aromatic N) is 3. The van der Waals surface area contributed by atoms with Crippen molar-refractivity contribution < 1.29 is 9.63 Å². The van der Waals surface area contributed by atoms with Crippen LogP contribution in [0.5, 0.6) is 0 Å². The molecule has 0 aliphatic carbocycles. The molecule has 1 unspecified atom stereocenters. The van der Waals surface area contributed by atoms with E-state index in [1.165, 1.54) is 0 Å². The monoisotopic (exact) mass is 249 g/mol. The Hall–Kier alpha value is -1.62. The Labute approximate surface area is 106 Å². The van der Waals surface area contributed by atoms with Gasteiger partial charge in [0.1, 0.15) is 6.54 Å². The van der Waals surface area contributed by atoms with Crippen molar-refractivity contribution in [3.05, 3.63) is 35.7 Å². The maximum Gasteiger partial charge on any atom is 0.246 e. The average molecular weight is 249 g/mol. The van der Waals surface area contributed by atoms with Crippen LogP contribution in [-0.2, 0) is 13.0 Å². The molecule has 0 spiro atoms. The lowest BCUT2D eigenvalue weighted by Gasteiger charge is -2.12. The van der Waals surface area contributed by atoms with Crippen molar-refractivity contribution in [1.29, 1.82) is 0 Å². The quantitative estimate of drug-likeness (QED) is 0.882. The van der Waals surface area contributed by atoms with E-state index in [0.717, 1.165) is 17.8 Å². The van der Waals surface area contributed by atoms with Crippen molar-refractivity contribution in [2.45, 2.75) is 39.8 Å². The van der Waals surface area contributed by atoms with Crippen molar-refractivity contribution >= 4 is 0 Å². The Morgan fingerprint density at radius 3 is 2.83 bits per heavy atom. The van der Waals surface area contributed by atoms with E-state index in [1.807, 2.05) is 43.8 Å². The minimum atomic E-state index is -0.430. The summed E-state index contributed by atoms with van der Waals surface area (Å²) >= 11 is 0. The molecule has 5 nitrogen and oxygen atoms in total. The molecule has 18 heavy (non-hydrogen) atoms. The number of aliphatic hydroxyl groups excluding tert-OH is 1. The van der Waals surface area contributed by atoms with Crippen molar-refractivity contribution in [3.8, 4) is 0 Å². The van der Waals surface area contributed by atoms with Gasteiger partial charge >= 0.3 is 0 Å². The van der Waals surface area contributed by atoms with E-state index in [4.69, 9.17) is 4.52 Å². The van der Waals surface area contributed by atoms with Crippen LogP contribution in [-0.4, -0.2) is 19.8 Å². The zero-order valence-electron chi connectivity index (χ0n) is 11.0. The summed E-state index contributed by atoms with van der Waals surface area (Å²) in [4.78, 5) is 4.25. The van der Waals surface area contributed by atoms with Crippen LogP contribution in [0.4, 0.5) is 0 Å². The molecule has 2 rings (SSSR count). The van der Waals surface area contributed by atoms with Gasteiger partial charge in [0, 0.05) is 18.8 Å². The third-order valence-corrected chi connectivity index (χ3v) is 2.89. The molecule has 0 saturated heterocycles. The number of rotatable bonds is 5. The lowest BCUT2D eigenvalue weighted by molar-refractivity contribution is 0.127. The number of hydrogen-bond donors (Lipinski definition) is 1. The molecule has 0 aromatic carbocycles. The first-order valence-corrected chi connectivity index (χ1v) is 6.25. The van der Waals surface area contributed by atoms with Crippen molar-refractivity contribution in [1.82, 2.24) is 14.7 Å². The predicted octanol–water partition coefficient (Wildman–Crippen LogP) is 2.17. The Bertz CT molecular complexity index is 502. The van der Waals surface area contributed by atoms with Crippen LogP contribution < -0.4 is 0 Å². The minimum Gasteiger partial charge on any atom is -0.388 e. The van der Waals surface area contributed by atoms with Crippen LogP contribution in [0.3, 0.4) is 0 Å². The van der Waals surface area contributed by atoms with Gasteiger partial charge in [-0.3, -0.25) is 0 Å². The highest BCUT2D eigenvalue weighted by Gasteiger charge is 2.13. The number of aliphatic hydroxyl groups is 1. The smallest absolute Gasteiger partial charge is 0.246 e. The van der Waals surface area contributed by atoms with Crippen LogP contribution >= 0.6 is 0 Å². The third kappa shape index (κ3) is 2.79. The largest absolute Gasteiger partial charge is 0.388 e. The summed E-state index contributed by atoms with van der Waals surface area (Å²) in [5, 5.41) is 13.8. The molecular weight excluding hydrogens is 230 g/mol. The zero-order valence-corrected chi connectivity index (χ0v) is 11.0. The van der Waals surface area contributed by atoms with Gasteiger partial charge in [0.25, 0.3) is 0 Å². The van der Waals surface area contributed by atoms with E-state index in [1.54, 1.807) is 0 Å². The van der Waals surface area contributed by atoms with Gasteiger partial charge in [-0.25, -0.2) is 0 Å². The fraction of sp³-hybridized carbons (Fsp3) is 0.538. The summed E-state index contributed by atoms with van der Waals surface area (Å²) in [7, 11) is 0. The molecule has 5 heteroatoms. The number of hydrogen-bond acceptors (Lipinski definition) is 4. The van der Waals surface area contributed by atoms with Crippen molar-refractivity contribution in [3.63, 3.8) is 0 Å². The second kappa shape index (κ2) is 5.35. The number of aryl methyl sites for hydroxylation is 1. The molecule has 2 aromatic heterocycles.